The predicted octanol–water partition coefficient (Wildman–Crippen LogP) is 1.12. The lowest BCUT2D eigenvalue weighted by atomic mass is 10.3. The van der Waals surface area contributed by atoms with Crippen LogP contribution in [0.1, 0.15) is 18.4 Å². The summed E-state index contributed by atoms with van der Waals surface area (Å²) in [4.78, 5) is 15.0. The van der Waals surface area contributed by atoms with Crippen molar-refractivity contribution in [1.29, 1.82) is 0 Å². The third kappa shape index (κ3) is 2.22. The average Bonchev–Trinajstić information content (AvgIpc) is 2.97. The molecule has 14 heavy (non-hydrogen) atoms. The van der Waals surface area contributed by atoms with Crippen LogP contribution in [0.2, 0.25) is 0 Å². The van der Waals surface area contributed by atoms with Crippen molar-refractivity contribution in [2.24, 2.45) is 5.92 Å². The predicted molar refractivity (Wildman–Crippen MR) is 51.2 cm³/mol. The number of nitrogens with zero attached hydrogens (tertiary/aromatic N) is 1. The standard InChI is InChI=1S/C10H12N2O2/c11-9-5-7(3-4-12-9)6-14-10(13)8-1-2-8/h3-5,8H,1-2,6H2,(H2,11,12). The van der Waals surface area contributed by atoms with E-state index in [0.29, 0.717) is 12.4 Å². The summed E-state index contributed by atoms with van der Waals surface area (Å²) in [5.41, 5.74) is 6.37. The van der Waals surface area contributed by atoms with E-state index in [0.717, 1.165) is 18.4 Å². The molecule has 0 aliphatic heterocycles. The Labute approximate surface area is 82.1 Å². The summed E-state index contributed by atoms with van der Waals surface area (Å²) in [6, 6.07) is 3.50. The summed E-state index contributed by atoms with van der Waals surface area (Å²) < 4.78 is 5.08. The molecule has 74 valence electrons. The van der Waals surface area contributed by atoms with Gasteiger partial charge in [0.2, 0.25) is 0 Å². The van der Waals surface area contributed by atoms with Gasteiger partial charge in [0.05, 0.1) is 5.92 Å². The van der Waals surface area contributed by atoms with Gasteiger partial charge in [0.1, 0.15) is 12.4 Å². The highest BCUT2D eigenvalue weighted by Crippen LogP contribution is 2.30. The molecule has 0 unspecified atom stereocenters. The van der Waals surface area contributed by atoms with Crippen molar-refractivity contribution in [1.82, 2.24) is 4.98 Å². The van der Waals surface area contributed by atoms with Gasteiger partial charge in [-0.1, -0.05) is 0 Å². The highest BCUT2D eigenvalue weighted by molar-refractivity contribution is 5.74. The second-order valence-electron chi connectivity index (χ2n) is 3.47. The number of carbonyl (C=O) groups excluding carboxylic acids is 1. The zero-order valence-electron chi connectivity index (χ0n) is 7.77. The van der Waals surface area contributed by atoms with E-state index < -0.39 is 0 Å². The average molecular weight is 192 g/mol. The topological polar surface area (TPSA) is 65.2 Å². The summed E-state index contributed by atoms with van der Waals surface area (Å²) in [6.07, 6.45) is 3.55. The lowest BCUT2D eigenvalue weighted by Crippen LogP contribution is -2.06. The lowest BCUT2D eigenvalue weighted by molar-refractivity contribution is -0.146. The molecule has 2 N–H and O–H groups in total. The van der Waals surface area contributed by atoms with E-state index in [1.807, 2.05) is 0 Å². The van der Waals surface area contributed by atoms with Crippen molar-refractivity contribution < 1.29 is 9.53 Å². The van der Waals surface area contributed by atoms with Crippen LogP contribution in [0, 0.1) is 5.92 Å². The summed E-state index contributed by atoms with van der Waals surface area (Å²) in [5, 5.41) is 0. The van der Waals surface area contributed by atoms with Crippen molar-refractivity contribution in [3.05, 3.63) is 23.9 Å². The normalized spacial score (nSPS) is 15.1. The molecular weight excluding hydrogens is 180 g/mol. The summed E-state index contributed by atoms with van der Waals surface area (Å²) in [7, 11) is 0. The fourth-order valence-electron chi connectivity index (χ4n) is 1.18. The number of hydrogen-bond acceptors (Lipinski definition) is 4. The molecule has 0 bridgehead atoms. The summed E-state index contributed by atoms with van der Waals surface area (Å²) in [5.74, 6) is 0.500. The molecule has 2 rings (SSSR count). The molecule has 0 saturated heterocycles. The maximum Gasteiger partial charge on any atom is 0.309 e. The second-order valence-corrected chi connectivity index (χ2v) is 3.47. The molecular formula is C10H12N2O2. The van der Waals surface area contributed by atoms with Crippen LogP contribution < -0.4 is 5.73 Å². The van der Waals surface area contributed by atoms with Gasteiger partial charge in [0, 0.05) is 6.20 Å². The first kappa shape index (κ1) is 8.99. The number of hydrogen-bond donors (Lipinski definition) is 1. The molecule has 0 atom stereocenters. The Morgan fingerprint density at radius 2 is 2.43 bits per heavy atom. The number of ether oxygens (including phenoxy) is 1. The maximum atomic E-state index is 11.2. The fraction of sp³-hybridized carbons (Fsp3) is 0.400. The molecule has 1 aromatic rings. The first-order chi connectivity index (χ1) is 6.75. The number of aromatic nitrogens is 1. The van der Waals surface area contributed by atoms with E-state index in [1.165, 1.54) is 0 Å². The third-order valence-electron chi connectivity index (χ3n) is 2.14. The first-order valence-electron chi connectivity index (χ1n) is 4.63. The van der Waals surface area contributed by atoms with Gasteiger partial charge in [-0.2, -0.15) is 0 Å². The number of pyridine rings is 1. The van der Waals surface area contributed by atoms with Gasteiger partial charge >= 0.3 is 5.97 Å². The first-order valence-corrected chi connectivity index (χ1v) is 4.63. The van der Waals surface area contributed by atoms with Crippen molar-refractivity contribution in [2.45, 2.75) is 19.4 Å². The quantitative estimate of drug-likeness (QED) is 0.729. The summed E-state index contributed by atoms with van der Waals surface area (Å²) in [6.45, 7) is 0.294. The zero-order valence-corrected chi connectivity index (χ0v) is 7.77. The van der Waals surface area contributed by atoms with E-state index in [1.54, 1.807) is 18.3 Å². The molecule has 4 nitrogen and oxygen atoms in total. The van der Waals surface area contributed by atoms with E-state index >= 15 is 0 Å². The van der Waals surface area contributed by atoms with Gasteiger partial charge in [0.15, 0.2) is 0 Å². The third-order valence-corrected chi connectivity index (χ3v) is 2.14. The van der Waals surface area contributed by atoms with Crippen LogP contribution in [-0.4, -0.2) is 11.0 Å². The van der Waals surface area contributed by atoms with Crippen LogP contribution in [0.15, 0.2) is 18.3 Å². The molecule has 0 amide bonds. The van der Waals surface area contributed by atoms with Crippen molar-refractivity contribution >= 4 is 11.8 Å². The minimum Gasteiger partial charge on any atom is -0.461 e. The van der Waals surface area contributed by atoms with Crippen LogP contribution in [0.5, 0.6) is 0 Å². The Morgan fingerprint density at radius 1 is 1.64 bits per heavy atom. The Bertz CT molecular complexity index is 348. The fourth-order valence-corrected chi connectivity index (χ4v) is 1.18. The molecule has 0 radical (unpaired) electrons. The van der Waals surface area contributed by atoms with Crippen LogP contribution in [0.4, 0.5) is 5.82 Å². The maximum absolute atomic E-state index is 11.2. The van der Waals surface area contributed by atoms with E-state index in [9.17, 15) is 4.79 Å². The van der Waals surface area contributed by atoms with Gasteiger partial charge in [-0.25, -0.2) is 4.98 Å². The van der Waals surface area contributed by atoms with Gasteiger partial charge in [-0.3, -0.25) is 4.79 Å². The number of esters is 1. The van der Waals surface area contributed by atoms with Crippen LogP contribution in [-0.2, 0) is 16.1 Å². The Hall–Kier alpha value is -1.58. The van der Waals surface area contributed by atoms with E-state index in [-0.39, 0.29) is 11.9 Å². The Kier molecular flexibility index (Phi) is 2.35. The van der Waals surface area contributed by atoms with Crippen LogP contribution in [0.25, 0.3) is 0 Å². The molecule has 1 aliphatic rings. The number of anilines is 1. The molecule has 1 saturated carbocycles. The van der Waals surface area contributed by atoms with Crippen molar-refractivity contribution in [3.63, 3.8) is 0 Å². The van der Waals surface area contributed by atoms with Crippen molar-refractivity contribution in [2.75, 3.05) is 5.73 Å². The molecule has 0 aromatic carbocycles. The zero-order chi connectivity index (χ0) is 9.97. The molecule has 0 spiro atoms. The molecule has 1 fully saturated rings. The van der Waals surface area contributed by atoms with Crippen molar-refractivity contribution in [3.8, 4) is 0 Å². The van der Waals surface area contributed by atoms with E-state index in [2.05, 4.69) is 4.98 Å². The number of carbonyl (C=O) groups is 1. The van der Waals surface area contributed by atoms with Gasteiger partial charge in [-0.05, 0) is 30.5 Å². The van der Waals surface area contributed by atoms with Crippen LogP contribution >= 0.6 is 0 Å². The minimum atomic E-state index is -0.0969. The highest BCUT2D eigenvalue weighted by atomic mass is 16.5. The van der Waals surface area contributed by atoms with Gasteiger partial charge in [-0.15, -0.1) is 0 Å². The van der Waals surface area contributed by atoms with E-state index in [4.69, 9.17) is 10.5 Å². The largest absolute Gasteiger partial charge is 0.461 e. The molecule has 1 aliphatic carbocycles. The monoisotopic (exact) mass is 192 g/mol. The molecule has 1 aromatic heterocycles. The van der Waals surface area contributed by atoms with Crippen LogP contribution in [0.3, 0.4) is 0 Å². The lowest BCUT2D eigenvalue weighted by Gasteiger charge is -2.03. The highest BCUT2D eigenvalue weighted by Gasteiger charge is 2.31. The van der Waals surface area contributed by atoms with Gasteiger partial charge in [0.25, 0.3) is 0 Å². The Balaban J connectivity index is 1.87. The Morgan fingerprint density at radius 3 is 3.07 bits per heavy atom. The SMILES string of the molecule is Nc1cc(COC(=O)C2CC2)ccn1. The molecule has 1 heterocycles. The van der Waals surface area contributed by atoms with Gasteiger partial charge < -0.3 is 10.5 Å². The number of rotatable bonds is 3. The second kappa shape index (κ2) is 3.65. The smallest absolute Gasteiger partial charge is 0.309 e. The summed E-state index contributed by atoms with van der Waals surface area (Å²) >= 11 is 0. The number of nitrogens with two attached hydrogens (primary N) is 1. The minimum absolute atomic E-state index is 0.0969. The molecule has 4 heteroatoms. The number of nitrogen functional groups attached to an aromatic ring is 1.